The van der Waals surface area contributed by atoms with Gasteiger partial charge in [0.05, 0.1) is 12.7 Å². The van der Waals surface area contributed by atoms with Gasteiger partial charge in [-0.1, -0.05) is 6.07 Å². The average Bonchev–Trinajstić information content (AvgIpc) is 2.40. The molecule has 1 atom stereocenters. The molecule has 3 nitrogen and oxygen atoms in total. The van der Waals surface area contributed by atoms with Crippen LogP contribution in [0.2, 0.25) is 0 Å². The number of halogens is 1. The highest BCUT2D eigenvalue weighted by Gasteiger charge is 2.21. The number of aliphatic hydroxyl groups excluding tert-OH is 1. The zero-order valence-electron chi connectivity index (χ0n) is 10.4. The Morgan fingerprint density at radius 2 is 2.17 bits per heavy atom. The van der Waals surface area contributed by atoms with Crippen LogP contribution < -0.4 is 10.1 Å². The second-order valence-electron chi connectivity index (χ2n) is 4.75. The number of aliphatic hydroxyl groups is 1. The van der Waals surface area contributed by atoms with Gasteiger partial charge in [0.1, 0.15) is 11.6 Å². The van der Waals surface area contributed by atoms with E-state index in [0.717, 1.165) is 25.9 Å². The van der Waals surface area contributed by atoms with Crippen LogP contribution in [0.3, 0.4) is 0 Å². The van der Waals surface area contributed by atoms with E-state index in [0.29, 0.717) is 24.7 Å². The van der Waals surface area contributed by atoms with E-state index < -0.39 is 0 Å². The van der Waals surface area contributed by atoms with Gasteiger partial charge < -0.3 is 15.2 Å². The summed E-state index contributed by atoms with van der Waals surface area (Å²) in [4.78, 5) is 0. The smallest absolute Gasteiger partial charge is 0.126 e. The number of rotatable bonds is 5. The van der Waals surface area contributed by atoms with Crippen molar-refractivity contribution in [3.63, 3.8) is 0 Å². The van der Waals surface area contributed by atoms with Gasteiger partial charge in [0, 0.05) is 12.5 Å². The topological polar surface area (TPSA) is 41.5 Å². The summed E-state index contributed by atoms with van der Waals surface area (Å²) in [5.41, 5.74) is 0. The van der Waals surface area contributed by atoms with Gasteiger partial charge in [-0.25, -0.2) is 4.39 Å². The lowest BCUT2D eigenvalue weighted by Gasteiger charge is -2.27. The third-order valence-electron chi connectivity index (χ3n) is 3.41. The Morgan fingerprint density at radius 3 is 2.89 bits per heavy atom. The highest BCUT2D eigenvalue weighted by molar-refractivity contribution is 5.22. The Bertz CT molecular complexity index is 367. The maximum absolute atomic E-state index is 12.9. The van der Waals surface area contributed by atoms with Gasteiger partial charge in [0.15, 0.2) is 0 Å². The summed E-state index contributed by atoms with van der Waals surface area (Å²) in [5, 5.41) is 13.3. The Kier molecular flexibility index (Phi) is 4.96. The molecule has 2 N–H and O–H groups in total. The molecule has 4 heteroatoms. The Balaban J connectivity index is 1.71. The number of benzene rings is 1. The molecule has 0 radical (unpaired) electrons. The van der Waals surface area contributed by atoms with E-state index in [-0.39, 0.29) is 11.9 Å². The lowest BCUT2D eigenvalue weighted by Crippen LogP contribution is -2.34. The molecule has 1 fully saturated rings. The van der Waals surface area contributed by atoms with E-state index in [1.54, 1.807) is 12.1 Å². The Morgan fingerprint density at radius 1 is 1.39 bits per heavy atom. The maximum Gasteiger partial charge on any atom is 0.126 e. The minimum atomic E-state index is -0.319. The summed E-state index contributed by atoms with van der Waals surface area (Å²) in [6, 6.07) is 6.08. The van der Waals surface area contributed by atoms with Crippen LogP contribution in [0.25, 0.3) is 0 Å². The molecule has 1 saturated heterocycles. The first-order chi connectivity index (χ1) is 8.75. The average molecular weight is 253 g/mol. The fourth-order valence-corrected chi connectivity index (χ4v) is 2.32. The summed E-state index contributed by atoms with van der Waals surface area (Å²) in [6.07, 6.45) is 2.31. The molecule has 0 aromatic heterocycles. The summed E-state index contributed by atoms with van der Waals surface area (Å²) in [7, 11) is 0. The zero-order chi connectivity index (χ0) is 12.8. The Labute approximate surface area is 107 Å². The van der Waals surface area contributed by atoms with Crippen LogP contribution in [-0.2, 0) is 0 Å². The van der Waals surface area contributed by atoms with Crippen LogP contribution in [0, 0.1) is 11.7 Å². The van der Waals surface area contributed by atoms with E-state index in [9.17, 15) is 9.50 Å². The van der Waals surface area contributed by atoms with Gasteiger partial charge in [-0.05, 0) is 44.0 Å². The van der Waals surface area contributed by atoms with Crippen molar-refractivity contribution in [2.75, 3.05) is 19.7 Å². The molecular formula is C14H20FNO2. The third-order valence-corrected chi connectivity index (χ3v) is 3.41. The zero-order valence-corrected chi connectivity index (χ0v) is 10.4. The van der Waals surface area contributed by atoms with Crippen LogP contribution in [0.1, 0.15) is 19.3 Å². The SMILES string of the molecule is OC(CCOc1cccc(F)c1)C1CCNCC1. The quantitative estimate of drug-likeness (QED) is 0.843. The molecule has 100 valence electrons. The predicted molar refractivity (Wildman–Crippen MR) is 68.1 cm³/mol. The summed E-state index contributed by atoms with van der Waals surface area (Å²) >= 11 is 0. The van der Waals surface area contributed by atoms with E-state index in [1.807, 2.05) is 0 Å². The first kappa shape index (κ1) is 13.3. The van der Waals surface area contributed by atoms with Crippen molar-refractivity contribution >= 4 is 0 Å². The van der Waals surface area contributed by atoms with E-state index >= 15 is 0 Å². The van der Waals surface area contributed by atoms with Crippen LogP contribution in [0.15, 0.2) is 24.3 Å². The van der Waals surface area contributed by atoms with Gasteiger partial charge in [-0.15, -0.1) is 0 Å². The van der Waals surface area contributed by atoms with Gasteiger partial charge >= 0.3 is 0 Å². The van der Waals surface area contributed by atoms with Crippen molar-refractivity contribution in [3.05, 3.63) is 30.1 Å². The minimum absolute atomic E-state index is 0.300. The first-order valence-electron chi connectivity index (χ1n) is 6.53. The van der Waals surface area contributed by atoms with Crippen LogP contribution in [0.5, 0.6) is 5.75 Å². The molecule has 0 aliphatic carbocycles. The molecule has 1 aliphatic heterocycles. The highest BCUT2D eigenvalue weighted by atomic mass is 19.1. The predicted octanol–water partition coefficient (Wildman–Crippen LogP) is 1.96. The van der Waals surface area contributed by atoms with Gasteiger partial charge in [-0.2, -0.15) is 0 Å². The fraction of sp³-hybridized carbons (Fsp3) is 0.571. The monoisotopic (exact) mass is 253 g/mol. The second kappa shape index (κ2) is 6.71. The highest BCUT2D eigenvalue weighted by Crippen LogP contribution is 2.19. The lowest BCUT2D eigenvalue weighted by atomic mass is 9.91. The summed E-state index contributed by atoms with van der Waals surface area (Å²) in [6.45, 7) is 2.38. The number of hydrogen-bond donors (Lipinski definition) is 2. The Hall–Kier alpha value is -1.13. The molecule has 0 bridgehead atoms. The molecule has 18 heavy (non-hydrogen) atoms. The van der Waals surface area contributed by atoms with Crippen molar-refractivity contribution in [3.8, 4) is 5.75 Å². The number of piperidine rings is 1. The molecule has 0 amide bonds. The second-order valence-corrected chi connectivity index (χ2v) is 4.75. The van der Waals surface area contributed by atoms with Crippen molar-refractivity contribution in [1.29, 1.82) is 0 Å². The molecular weight excluding hydrogens is 233 g/mol. The normalized spacial score (nSPS) is 18.6. The third kappa shape index (κ3) is 3.96. The molecule has 1 aliphatic rings. The summed E-state index contributed by atoms with van der Waals surface area (Å²) < 4.78 is 18.3. The molecule has 1 aromatic carbocycles. The molecule has 0 spiro atoms. The molecule has 2 rings (SSSR count). The van der Waals surface area contributed by atoms with Crippen molar-refractivity contribution in [2.24, 2.45) is 5.92 Å². The van der Waals surface area contributed by atoms with Crippen molar-refractivity contribution in [2.45, 2.75) is 25.4 Å². The van der Waals surface area contributed by atoms with Gasteiger partial charge in [0.25, 0.3) is 0 Å². The van der Waals surface area contributed by atoms with Crippen LogP contribution in [0.4, 0.5) is 4.39 Å². The fourth-order valence-electron chi connectivity index (χ4n) is 2.32. The largest absolute Gasteiger partial charge is 0.493 e. The van der Waals surface area contributed by atoms with Crippen LogP contribution in [-0.4, -0.2) is 30.9 Å². The number of hydrogen-bond acceptors (Lipinski definition) is 3. The van der Waals surface area contributed by atoms with Gasteiger partial charge in [-0.3, -0.25) is 0 Å². The molecule has 1 unspecified atom stereocenters. The van der Waals surface area contributed by atoms with Gasteiger partial charge in [0.2, 0.25) is 0 Å². The molecule has 0 saturated carbocycles. The van der Waals surface area contributed by atoms with E-state index in [4.69, 9.17) is 4.74 Å². The van der Waals surface area contributed by atoms with E-state index in [2.05, 4.69) is 5.32 Å². The van der Waals surface area contributed by atoms with E-state index in [1.165, 1.54) is 12.1 Å². The summed E-state index contributed by atoms with van der Waals surface area (Å²) in [5.74, 6) is 0.585. The van der Waals surface area contributed by atoms with Crippen molar-refractivity contribution < 1.29 is 14.2 Å². The number of ether oxygens (including phenoxy) is 1. The van der Waals surface area contributed by atoms with Crippen molar-refractivity contribution in [1.82, 2.24) is 5.32 Å². The minimum Gasteiger partial charge on any atom is -0.493 e. The van der Waals surface area contributed by atoms with Crippen LogP contribution >= 0.6 is 0 Å². The maximum atomic E-state index is 12.9. The molecule has 1 aromatic rings. The standard InChI is InChI=1S/C14H20FNO2/c15-12-2-1-3-13(10-12)18-9-6-14(17)11-4-7-16-8-5-11/h1-3,10-11,14,16-17H,4-9H2. The first-order valence-corrected chi connectivity index (χ1v) is 6.53. The number of nitrogens with one attached hydrogen (secondary N) is 1. The molecule has 1 heterocycles. The lowest BCUT2D eigenvalue weighted by molar-refractivity contribution is 0.0674.